The molecule has 32 heavy (non-hydrogen) atoms. The molecule has 4 aromatic rings. The van der Waals surface area contributed by atoms with E-state index in [1.807, 2.05) is 32.9 Å². The van der Waals surface area contributed by atoms with Crippen LogP contribution in [-0.4, -0.2) is 14.0 Å². The van der Waals surface area contributed by atoms with Gasteiger partial charge in [0.05, 0.1) is 10.9 Å². The van der Waals surface area contributed by atoms with Crippen LogP contribution in [0.25, 0.3) is 28.0 Å². The average Bonchev–Trinajstić information content (AvgIpc) is 2.73. The third-order valence-electron chi connectivity index (χ3n) is 5.35. The van der Waals surface area contributed by atoms with Crippen molar-refractivity contribution < 1.29 is 21.8 Å². The molecule has 6 nitrogen and oxygen atoms in total. The zero-order valence-electron chi connectivity index (χ0n) is 17.7. The average molecular weight is 448 g/mol. The number of aryl methyl sites for hydroxylation is 1. The van der Waals surface area contributed by atoms with Gasteiger partial charge >= 0.3 is 10.1 Å². The highest BCUT2D eigenvalue weighted by Gasteiger charge is 2.29. The molecule has 162 valence electrons. The maximum atomic E-state index is 13.4. The topological polar surface area (TPSA) is 82.8 Å². The van der Waals surface area contributed by atoms with E-state index in [1.165, 1.54) is 18.2 Å². The second-order valence-electron chi connectivity index (χ2n) is 8.31. The molecule has 0 N–H and O–H groups in total. The molecule has 0 fully saturated rings. The van der Waals surface area contributed by atoms with Gasteiger partial charge in [-0.15, -0.1) is 0 Å². The van der Waals surface area contributed by atoms with Crippen LogP contribution in [-0.2, 0) is 10.1 Å². The fourth-order valence-electron chi connectivity index (χ4n) is 3.72. The van der Waals surface area contributed by atoms with E-state index in [0.29, 0.717) is 22.3 Å². The van der Waals surface area contributed by atoms with Crippen LogP contribution < -0.4 is 14.3 Å². The van der Waals surface area contributed by atoms with E-state index in [-0.39, 0.29) is 27.0 Å². The Bertz CT molecular complexity index is 1580. The Morgan fingerprint density at radius 1 is 1.00 bits per heavy atom. The van der Waals surface area contributed by atoms with E-state index >= 15 is 0 Å². The zero-order valence-corrected chi connectivity index (χ0v) is 18.5. The van der Waals surface area contributed by atoms with Gasteiger partial charge in [0.25, 0.3) is 0 Å². The summed E-state index contributed by atoms with van der Waals surface area (Å²) in [5, 5.41) is 0.379. The third kappa shape index (κ3) is 3.35. The van der Waals surface area contributed by atoms with Gasteiger partial charge in [-0.1, -0.05) is 29.8 Å². The Balaban J connectivity index is 1.80. The molecule has 7 heteroatoms. The molecule has 0 radical (unpaired) electrons. The largest absolute Gasteiger partial charge is 0.483 e. The molecule has 0 saturated carbocycles. The summed E-state index contributed by atoms with van der Waals surface area (Å²) in [4.78, 5) is 13.4. The Kier molecular flexibility index (Phi) is 4.43. The molecule has 0 atom stereocenters. The normalized spacial score (nSPS) is 14.8. The van der Waals surface area contributed by atoms with Crippen molar-refractivity contribution in [2.75, 3.05) is 0 Å². The molecular formula is C25H20O6S. The summed E-state index contributed by atoms with van der Waals surface area (Å²) in [5.41, 5.74) is 1.08. The molecule has 2 heterocycles. The number of benzene rings is 3. The highest BCUT2D eigenvalue weighted by molar-refractivity contribution is 7.87. The zero-order chi connectivity index (χ0) is 22.7. The first-order chi connectivity index (χ1) is 15.1. The molecule has 5 rings (SSSR count). The van der Waals surface area contributed by atoms with Crippen molar-refractivity contribution in [1.29, 1.82) is 0 Å². The summed E-state index contributed by atoms with van der Waals surface area (Å²) in [5.74, 6) is 0.238. The fraction of sp³-hybridized carbons (Fsp3) is 0.160. The van der Waals surface area contributed by atoms with Gasteiger partial charge in [-0.25, -0.2) is 0 Å². The number of ether oxygens (including phenoxy) is 1. The van der Waals surface area contributed by atoms with E-state index < -0.39 is 15.7 Å². The fourth-order valence-corrected chi connectivity index (χ4v) is 4.65. The van der Waals surface area contributed by atoms with Crippen LogP contribution in [0.5, 0.6) is 11.5 Å². The summed E-state index contributed by atoms with van der Waals surface area (Å²) in [6.45, 7) is 5.60. The minimum atomic E-state index is -4.20. The molecule has 0 aliphatic carbocycles. The second kappa shape index (κ2) is 6.97. The van der Waals surface area contributed by atoms with Crippen LogP contribution in [0.15, 0.2) is 74.8 Å². The summed E-state index contributed by atoms with van der Waals surface area (Å²) >= 11 is 0. The van der Waals surface area contributed by atoms with Gasteiger partial charge < -0.3 is 13.3 Å². The lowest BCUT2D eigenvalue weighted by Crippen LogP contribution is -2.27. The molecule has 1 aliphatic rings. The van der Waals surface area contributed by atoms with Crippen molar-refractivity contribution in [2.24, 2.45) is 0 Å². The molecule has 3 aromatic carbocycles. The quantitative estimate of drug-likeness (QED) is 0.316. The van der Waals surface area contributed by atoms with Crippen molar-refractivity contribution in [3.63, 3.8) is 0 Å². The maximum absolute atomic E-state index is 13.4. The molecular weight excluding hydrogens is 428 g/mol. The standard InChI is InChI=1S/C25H20O6S/c1-15-8-10-16(11-9-15)32(27,28)31-21-14-20-18(12-13-25(2,3)30-20)24-22(21)23(26)17-6-4-5-7-19(17)29-24/h4-14H,1-3H3. The van der Waals surface area contributed by atoms with Crippen molar-refractivity contribution >= 4 is 38.1 Å². The van der Waals surface area contributed by atoms with E-state index in [9.17, 15) is 13.2 Å². The first kappa shape index (κ1) is 20.3. The lowest BCUT2D eigenvalue weighted by Gasteiger charge is -2.28. The van der Waals surface area contributed by atoms with Crippen LogP contribution in [0.3, 0.4) is 0 Å². The molecule has 0 spiro atoms. The van der Waals surface area contributed by atoms with Crippen molar-refractivity contribution in [3.05, 3.63) is 82.0 Å². The van der Waals surface area contributed by atoms with E-state index in [2.05, 4.69) is 0 Å². The number of para-hydroxylation sites is 1. The molecule has 0 bridgehead atoms. The lowest BCUT2D eigenvalue weighted by atomic mass is 9.99. The minimum Gasteiger partial charge on any atom is -0.483 e. The highest BCUT2D eigenvalue weighted by Crippen LogP contribution is 2.41. The van der Waals surface area contributed by atoms with Gasteiger partial charge in [0.15, 0.2) is 11.3 Å². The number of fused-ring (bicyclic) bond motifs is 4. The van der Waals surface area contributed by atoms with Crippen LogP contribution in [0.2, 0.25) is 0 Å². The summed E-state index contributed by atoms with van der Waals surface area (Å²) < 4.78 is 43.6. The smallest absolute Gasteiger partial charge is 0.339 e. The maximum Gasteiger partial charge on any atom is 0.339 e. The lowest BCUT2D eigenvalue weighted by molar-refractivity contribution is 0.159. The summed E-state index contributed by atoms with van der Waals surface area (Å²) in [6, 6.07) is 14.5. The van der Waals surface area contributed by atoms with Gasteiger partial charge in [0.2, 0.25) is 5.43 Å². The Hall–Kier alpha value is -3.58. The monoisotopic (exact) mass is 448 g/mol. The Morgan fingerprint density at radius 3 is 2.47 bits per heavy atom. The van der Waals surface area contributed by atoms with Crippen LogP contribution in [0.1, 0.15) is 25.0 Å². The van der Waals surface area contributed by atoms with Crippen molar-refractivity contribution in [3.8, 4) is 11.5 Å². The minimum absolute atomic E-state index is 0.0136. The number of hydrogen-bond acceptors (Lipinski definition) is 6. The Morgan fingerprint density at radius 2 is 1.72 bits per heavy atom. The SMILES string of the molecule is Cc1ccc(S(=O)(=O)Oc2cc3c(c4oc5ccccc5c(=O)c24)C=CC(C)(C)O3)cc1. The second-order valence-corrected chi connectivity index (χ2v) is 9.85. The Labute approximate surface area is 184 Å². The highest BCUT2D eigenvalue weighted by atomic mass is 32.2. The van der Waals surface area contributed by atoms with Crippen LogP contribution >= 0.6 is 0 Å². The third-order valence-corrected chi connectivity index (χ3v) is 6.60. The van der Waals surface area contributed by atoms with Gasteiger partial charge in [-0.05, 0) is 57.2 Å². The van der Waals surface area contributed by atoms with Gasteiger partial charge in [-0.3, -0.25) is 4.79 Å². The predicted molar refractivity (Wildman–Crippen MR) is 123 cm³/mol. The molecule has 0 amide bonds. The first-order valence-corrected chi connectivity index (χ1v) is 11.5. The molecule has 0 unspecified atom stereocenters. The molecule has 1 aromatic heterocycles. The van der Waals surface area contributed by atoms with Gasteiger partial charge in [-0.2, -0.15) is 8.42 Å². The van der Waals surface area contributed by atoms with Crippen LogP contribution in [0, 0.1) is 6.92 Å². The van der Waals surface area contributed by atoms with Crippen molar-refractivity contribution in [1.82, 2.24) is 0 Å². The predicted octanol–water partition coefficient (Wildman–Crippen LogP) is 5.21. The number of rotatable bonds is 3. The summed E-state index contributed by atoms with van der Waals surface area (Å²) in [7, 11) is -4.20. The molecule has 0 saturated heterocycles. The van der Waals surface area contributed by atoms with E-state index in [4.69, 9.17) is 13.3 Å². The van der Waals surface area contributed by atoms with Crippen LogP contribution in [0.4, 0.5) is 0 Å². The first-order valence-electron chi connectivity index (χ1n) is 10.1. The van der Waals surface area contributed by atoms with Gasteiger partial charge in [0.1, 0.15) is 27.2 Å². The molecule has 1 aliphatic heterocycles. The number of hydrogen-bond donors (Lipinski definition) is 0. The van der Waals surface area contributed by atoms with E-state index in [1.54, 1.807) is 36.4 Å². The van der Waals surface area contributed by atoms with Crippen molar-refractivity contribution in [2.45, 2.75) is 31.3 Å². The summed E-state index contributed by atoms with van der Waals surface area (Å²) in [6.07, 6.45) is 3.67. The van der Waals surface area contributed by atoms with E-state index in [0.717, 1.165) is 5.56 Å². The van der Waals surface area contributed by atoms with Gasteiger partial charge in [0, 0.05) is 6.07 Å².